The highest BCUT2D eigenvalue weighted by Crippen LogP contribution is 2.64. The van der Waals surface area contributed by atoms with Crippen LogP contribution in [0.15, 0.2) is 24.3 Å². The monoisotopic (exact) mass is 243 g/mol. The molecule has 3 rings (SSSR count). The van der Waals surface area contributed by atoms with Gasteiger partial charge in [-0.15, -0.1) is 0 Å². The number of hydrogen-bond acceptors (Lipinski definition) is 1. The van der Waals surface area contributed by atoms with Crippen molar-refractivity contribution in [3.8, 4) is 0 Å². The van der Waals surface area contributed by atoms with Crippen LogP contribution in [0, 0.1) is 12.3 Å². The fourth-order valence-electron chi connectivity index (χ4n) is 4.12. The number of hydrogen-bond donors (Lipinski definition) is 1. The third kappa shape index (κ3) is 1.89. The second kappa shape index (κ2) is 4.38. The van der Waals surface area contributed by atoms with Crippen LogP contribution < -0.4 is 5.32 Å². The Morgan fingerprint density at radius 3 is 2.28 bits per heavy atom. The molecule has 0 aliphatic heterocycles. The van der Waals surface area contributed by atoms with E-state index in [2.05, 4.69) is 43.4 Å². The van der Waals surface area contributed by atoms with E-state index in [0.29, 0.717) is 5.41 Å². The van der Waals surface area contributed by atoms with E-state index < -0.39 is 0 Å². The summed E-state index contributed by atoms with van der Waals surface area (Å²) in [6, 6.07) is 9.26. The van der Waals surface area contributed by atoms with Crippen LogP contribution in [0.5, 0.6) is 0 Å². The van der Waals surface area contributed by atoms with Crippen LogP contribution in [0.3, 0.4) is 0 Å². The first-order chi connectivity index (χ1) is 8.68. The molecule has 18 heavy (non-hydrogen) atoms. The summed E-state index contributed by atoms with van der Waals surface area (Å²) in [7, 11) is 0. The average molecular weight is 243 g/mol. The Kier molecular flexibility index (Phi) is 2.97. The van der Waals surface area contributed by atoms with Gasteiger partial charge in [0, 0.05) is 12.0 Å². The van der Waals surface area contributed by atoms with Gasteiger partial charge in [-0.05, 0) is 50.1 Å². The van der Waals surface area contributed by atoms with Gasteiger partial charge in [0.05, 0.1) is 0 Å². The SMILES string of the molecule is CCNCC1(c2ccc(C)cc2)CC2(CCC2)C1. The summed E-state index contributed by atoms with van der Waals surface area (Å²) in [5.74, 6) is 0. The van der Waals surface area contributed by atoms with Gasteiger partial charge in [-0.25, -0.2) is 0 Å². The minimum absolute atomic E-state index is 0.435. The molecule has 1 heteroatoms. The molecule has 0 saturated heterocycles. The summed E-state index contributed by atoms with van der Waals surface area (Å²) < 4.78 is 0. The normalized spacial score (nSPS) is 23.4. The van der Waals surface area contributed by atoms with E-state index in [4.69, 9.17) is 0 Å². The van der Waals surface area contributed by atoms with Gasteiger partial charge >= 0.3 is 0 Å². The Balaban J connectivity index is 1.80. The summed E-state index contributed by atoms with van der Waals surface area (Å²) in [4.78, 5) is 0. The summed E-state index contributed by atoms with van der Waals surface area (Å²) >= 11 is 0. The van der Waals surface area contributed by atoms with Gasteiger partial charge in [0.2, 0.25) is 0 Å². The largest absolute Gasteiger partial charge is 0.316 e. The molecule has 1 nitrogen and oxygen atoms in total. The van der Waals surface area contributed by atoms with Crippen LogP contribution >= 0.6 is 0 Å². The molecule has 2 fully saturated rings. The lowest BCUT2D eigenvalue weighted by molar-refractivity contribution is -0.0480. The smallest absolute Gasteiger partial charge is 0.00883 e. The molecule has 0 unspecified atom stereocenters. The molecule has 1 N–H and O–H groups in total. The van der Waals surface area contributed by atoms with Gasteiger partial charge in [-0.2, -0.15) is 0 Å². The lowest BCUT2D eigenvalue weighted by atomic mass is 9.43. The predicted molar refractivity (Wildman–Crippen MR) is 76.9 cm³/mol. The fourth-order valence-corrected chi connectivity index (χ4v) is 4.12. The quantitative estimate of drug-likeness (QED) is 0.848. The van der Waals surface area contributed by atoms with Gasteiger partial charge in [0.25, 0.3) is 0 Å². The number of likely N-dealkylation sites (N-methyl/N-ethyl adjacent to an activating group) is 1. The Morgan fingerprint density at radius 2 is 1.78 bits per heavy atom. The van der Waals surface area contributed by atoms with Crippen molar-refractivity contribution in [2.45, 2.75) is 51.4 Å². The third-order valence-electron chi connectivity index (χ3n) is 5.22. The van der Waals surface area contributed by atoms with Gasteiger partial charge in [0.1, 0.15) is 0 Å². The summed E-state index contributed by atoms with van der Waals surface area (Å²) in [5.41, 5.74) is 4.10. The zero-order chi connectivity index (χ0) is 12.6. The lowest BCUT2D eigenvalue weighted by Crippen LogP contribution is -2.57. The summed E-state index contributed by atoms with van der Waals surface area (Å²) in [6.45, 7) is 6.63. The molecular formula is C17H25N. The average Bonchev–Trinajstić information content (AvgIpc) is 2.27. The van der Waals surface area contributed by atoms with Gasteiger partial charge in [-0.1, -0.05) is 43.2 Å². The first kappa shape index (κ1) is 12.2. The van der Waals surface area contributed by atoms with Crippen molar-refractivity contribution in [2.24, 2.45) is 5.41 Å². The molecule has 0 bridgehead atoms. The van der Waals surface area contributed by atoms with Crippen molar-refractivity contribution in [1.29, 1.82) is 0 Å². The van der Waals surface area contributed by atoms with E-state index in [0.717, 1.165) is 18.5 Å². The summed E-state index contributed by atoms with van der Waals surface area (Å²) in [5, 5.41) is 3.59. The first-order valence-electron chi connectivity index (χ1n) is 7.46. The number of rotatable bonds is 4. The van der Waals surface area contributed by atoms with Crippen LogP contribution in [0.25, 0.3) is 0 Å². The van der Waals surface area contributed by atoms with Gasteiger partial charge in [0.15, 0.2) is 0 Å². The van der Waals surface area contributed by atoms with E-state index in [1.54, 1.807) is 5.56 Å². The Morgan fingerprint density at radius 1 is 1.11 bits per heavy atom. The van der Waals surface area contributed by atoms with E-state index in [1.807, 2.05) is 0 Å². The third-order valence-corrected chi connectivity index (χ3v) is 5.22. The second-order valence-electron chi connectivity index (χ2n) is 6.63. The molecule has 2 aliphatic rings. The predicted octanol–water partition coefficient (Wildman–Crippen LogP) is 3.81. The van der Waals surface area contributed by atoms with Crippen molar-refractivity contribution in [2.75, 3.05) is 13.1 Å². The lowest BCUT2D eigenvalue weighted by Gasteiger charge is -2.61. The molecular weight excluding hydrogens is 218 g/mol. The zero-order valence-corrected chi connectivity index (χ0v) is 11.8. The Bertz CT molecular complexity index is 406. The topological polar surface area (TPSA) is 12.0 Å². The van der Waals surface area contributed by atoms with E-state index >= 15 is 0 Å². The molecule has 0 atom stereocenters. The minimum Gasteiger partial charge on any atom is -0.316 e. The van der Waals surface area contributed by atoms with Gasteiger partial charge in [-0.3, -0.25) is 0 Å². The maximum atomic E-state index is 3.59. The number of benzene rings is 1. The van der Waals surface area contributed by atoms with Gasteiger partial charge < -0.3 is 5.32 Å². The van der Waals surface area contributed by atoms with E-state index in [-0.39, 0.29) is 0 Å². The molecule has 0 radical (unpaired) electrons. The number of aryl methyl sites for hydroxylation is 1. The van der Waals surface area contributed by atoms with Crippen molar-refractivity contribution in [3.63, 3.8) is 0 Å². The van der Waals surface area contributed by atoms with Crippen molar-refractivity contribution in [3.05, 3.63) is 35.4 Å². The molecule has 1 aromatic rings. The molecule has 1 spiro atoms. The van der Waals surface area contributed by atoms with Crippen LogP contribution in [-0.2, 0) is 5.41 Å². The molecule has 1 aromatic carbocycles. The molecule has 2 saturated carbocycles. The Labute approximate surface area is 111 Å². The maximum Gasteiger partial charge on any atom is 0.00883 e. The minimum atomic E-state index is 0.435. The molecule has 0 aromatic heterocycles. The van der Waals surface area contributed by atoms with E-state index in [1.165, 1.54) is 37.7 Å². The van der Waals surface area contributed by atoms with Crippen LogP contribution in [0.1, 0.15) is 50.2 Å². The second-order valence-corrected chi connectivity index (χ2v) is 6.63. The van der Waals surface area contributed by atoms with Crippen molar-refractivity contribution >= 4 is 0 Å². The molecule has 0 amide bonds. The highest BCUT2D eigenvalue weighted by atomic mass is 14.9. The summed E-state index contributed by atoms with van der Waals surface area (Å²) in [6.07, 6.45) is 7.25. The molecule has 0 heterocycles. The number of nitrogens with one attached hydrogen (secondary N) is 1. The zero-order valence-electron chi connectivity index (χ0n) is 11.8. The molecule has 2 aliphatic carbocycles. The van der Waals surface area contributed by atoms with Crippen LogP contribution in [-0.4, -0.2) is 13.1 Å². The van der Waals surface area contributed by atoms with Crippen LogP contribution in [0.2, 0.25) is 0 Å². The standard InChI is InChI=1S/C17H25N/c1-3-18-13-17(11-16(12-17)9-4-10-16)15-7-5-14(2)6-8-15/h5-8,18H,3-4,9-13H2,1-2H3. The Hall–Kier alpha value is -0.820. The van der Waals surface area contributed by atoms with Crippen molar-refractivity contribution < 1.29 is 0 Å². The van der Waals surface area contributed by atoms with Crippen LogP contribution in [0.4, 0.5) is 0 Å². The van der Waals surface area contributed by atoms with Crippen molar-refractivity contribution in [1.82, 2.24) is 5.32 Å². The highest BCUT2D eigenvalue weighted by molar-refractivity contribution is 5.34. The highest BCUT2D eigenvalue weighted by Gasteiger charge is 2.57. The first-order valence-corrected chi connectivity index (χ1v) is 7.46. The molecule has 98 valence electrons. The van der Waals surface area contributed by atoms with E-state index in [9.17, 15) is 0 Å². The fraction of sp³-hybridized carbons (Fsp3) is 0.647. The maximum absolute atomic E-state index is 3.59.